The lowest BCUT2D eigenvalue weighted by Gasteiger charge is -2.33. The molecule has 0 saturated carbocycles. The maximum atomic E-state index is 4.67. The van der Waals surface area contributed by atoms with Crippen LogP contribution >= 0.6 is 0 Å². The van der Waals surface area contributed by atoms with Gasteiger partial charge in [0, 0.05) is 44.7 Å². The van der Waals surface area contributed by atoms with Gasteiger partial charge in [-0.2, -0.15) is 5.10 Å². The minimum atomic E-state index is 0.583. The molecule has 1 aliphatic rings. The molecule has 3 rings (SSSR count). The van der Waals surface area contributed by atoms with Crippen molar-refractivity contribution in [2.45, 2.75) is 19.5 Å². The highest BCUT2D eigenvalue weighted by molar-refractivity contribution is 5.81. The molecule has 0 spiro atoms. The van der Waals surface area contributed by atoms with Crippen molar-refractivity contribution in [2.75, 3.05) is 19.6 Å². The number of nitrogens with one attached hydrogen (secondary N) is 1. The Bertz CT molecular complexity index is 546. The summed E-state index contributed by atoms with van der Waals surface area (Å²) in [6.07, 6.45) is 0. The largest absolute Gasteiger partial charge is 0.314 e. The summed E-state index contributed by atoms with van der Waals surface area (Å²) in [6.45, 7) is 6.48. The first-order valence-electron chi connectivity index (χ1n) is 6.61. The Kier molecular flexibility index (Phi) is 3.06. The molecule has 0 bridgehead atoms. The van der Waals surface area contributed by atoms with Crippen LogP contribution in [0.2, 0.25) is 0 Å². The second-order valence-corrected chi connectivity index (χ2v) is 5.11. The van der Waals surface area contributed by atoms with Crippen LogP contribution in [0.15, 0.2) is 24.3 Å². The average Bonchev–Trinajstić information content (AvgIpc) is 2.70. The lowest BCUT2D eigenvalue weighted by molar-refractivity contribution is 0.164. The topological polar surface area (TPSA) is 33.1 Å². The molecule has 1 unspecified atom stereocenters. The molecule has 1 N–H and O–H groups in total. The molecule has 4 nitrogen and oxygen atoms in total. The molecule has 1 saturated heterocycles. The van der Waals surface area contributed by atoms with Crippen LogP contribution in [0.5, 0.6) is 0 Å². The van der Waals surface area contributed by atoms with E-state index in [1.54, 1.807) is 0 Å². The predicted octanol–water partition coefficient (Wildman–Crippen LogP) is 1.37. The fraction of sp³-hybridized carbons (Fsp3) is 0.500. The van der Waals surface area contributed by atoms with E-state index < -0.39 is 0 Å². The molecule has 1 atom stereocenters. The van der Waals surface area contributed by atoms with E-state index in [-0.39, 0.29) is 0 Å². The molecule has 1 aromatic heterocycles. The standard InChI is InChI=1S/C14H20N4/c1-11-9-15-7-8-18(11)10-13-12-5-3-4-6-14(12)17(2)16-13/h3-6,11,15H,7-10H2,1-2H3. The Morgan fingerprint density at radius 2 is 2.22 bits per heavy atom. The quantitative estimate of drug-likeness (QED) is 0.866. The van der Waals surface area contributed by atoms with E-state index >= 15 is 0 Å². The molecule has 2 aromatic rings. The summed E-state index contributed by atoms with van der Waals surface area (Å²) >= 11 is 0. The number of piperazine rings is 1. The normalized spacial score (nSPS) is 21.6. The van der Waals surface area contributed by atoms with Crippen molar-refractivity contribution in [3.05, 3.63) is 30.0 Å². The van der Waals surface area contributed by atoms with Gasteiger partial charge < -0.3 is 5.32 Å². The van der Waals surface area contributed by atoms with Crippen LogP contribution in [0.1, 0.15) is 12.6 Å². The summed E-state index contributed by atoms with van der Waals surface area (Å²) < 4.78 is 1.98. The number of aromatic nitrogens is 2. The van der Waals surface area contributed by atoms with Gasteiger partial charge in [-0.25, -0.2) is 0 Å². The number of para-hydroxylation sites is 1. The summed E-state index contributed by atoms with van der Waals surface area (Å²) in [5.74, 6) is 0. The lowest BCUT2D eigenvalue weighted by Crippen LogP contribution is -2.49. The number of nitrogens with zero attached hydrogens (tertiary/aromatic N) is 3. The first-order chi connectivity index (χ1) is 8.75. The molecule has 0 amide bonds. The van der Waals surface area contributed by atoms with E-state index in [0.717, 1.165) is 26.2 Å². The third-order valence-electron chi connectivity index (χ3n) is 3.83. The van der Waals surface area contributed by atoms with Gasteiger partial charge in [0.25, 0.3) is 0 Å². The number of hydrogen-bond donors (Lipinski definition) is 1. The van der Waals surface area contributed by atoms with Crippen molar-refractivity contribution in [2.24, 2.45) is 7.05 Å². The Morgan fingerprint density at radius 3 is 3.06 bits per heavy atom. The van der Waals surface area contributed by atoms with Crippen LogP contribution in [0, 0.1) is 0 Å². The van der Waals surface area contributed by atoms with Crippen LogP contribution in [-0.2, 0) is 13.6 Å². The van der Waals surface area contributed by atoms with E-state index in [1.807, 2.05) is 11.7 Å². The Hall–Kier alpha value is -1.39. The first-order valence-corrected chi connectivity index (χ1v) is 6.61. The van der Waals surface area contributed by atoms with E-state index in [9.17, 15) is 0 Å². The highest BCUT2D eigenvalue weighted by Crippen LogP contribution is 2.20. The van der Waals surface area contributed by atoms with Gasteiger partial charge in [0.15, 0.2) is 0 Å². The molecule has 1 aromatic carbocycles. The van der Waals surface area contributed by atoms with E-state index in [0.29, 0.717) is 6.04 Å². The van der Waals surface area contributed by atoms with Crippen molar-refractivity contribution in [1.29, 1.82) is 0 Å². The van der Waals surface area contributed by atoms with Crippen molar-refractivity contribution in [1.82, 2.24) is 20.0 Å². The zero-order valence-electron chi connectivity index (χ0n) is 11.1. The zero-order valence-corrected chi connectivity index (χ0v) is 11.1. The van der Waals surface area contributed by atoms with Gasteiger partial charge in [0.05, 0.1) is 11.2 Å². The van der Waals surface area contributed by atoms with E-state index in [4.69, 9.17) is 0 Å². The van der Waals surface area contributed by atoms with Crippen LogP contribution in [0.3, 0.4) is 0 Å². The van der Waals surface area contributed by atoms with Gasteiger partial charge in [0.2, 0.25) is 0 Å². The van der Waals surface area contributed by atoms with Crippen LogP contribution in [0.4, 0.5) is 0 Å². The second-order valence-electron chi connectivity index (χ2n) is 5.11. The number of benzene rings is 1. The first kappa shape index (κ1) is 11.7. The van der Waals surface area contributed by atoms with Crippen molar-refractivity contribution >= 4 is 10.9 Å². The molecule has 18 heavy (non-hydrogen) atoms. The Morgan fingerprint density at radius 1 is 1.39 bits per heavy atom. The number of rotatable bonds is 2. The molecule has 1 aliphatic heterocycles. The maximum Gasteiger partial charge on any atom is 0.0843 e. The second kappa shape index (κ2) is 4.71. The van der Waals surface area contributed by atoms with Gasteiger partial charge in [-0.15, -0.1) is 0 Å². The third kappa shape index (κ3) is 2.02. The van der Waals surface area contributed by atoms with Gasteiger partial charge in [-0.1, -0.05) is 18.2 Å². The van der Waals surface area contributed by atoms with Crippen LogP contribution in [-0.4, -0.2) is 40.4 Å². The Balaban J connectivity index is 1.90. The maximum absolute atomic E-state index is 4.67. The SMILES string of the molecule is CC1CNCCN1Cc1nn(C)c2ccccc12. The molecule has 96 valence electrons. The summed E-state index contributed by atoms with van der Waals surface area (Å²) in [7, 11) is 2.02. The smallest absolute Gasteiger partial charge is 0.0843 e. The molecular formula is C14H20N4. The minimum absolute atomic E-state index is 0.583. The fourth-order valence-electron chi connectivity index (χ4n) is 2.72. The molecule has 4 heteroatoms. The predicted molar refractivity (Wildman–Crippen MR) is 73.5 cm³/mol. The third-order valence-corrected chi connectivity index (χ3v) is 3.83. The summed E-state index contributed by atoms with van der Waals surface area (Å²) in [5, 5.41) is 9.38. The Labute approximate surface area is 108 Å². The zero-order chi connectivity index (χ0) is 12.5. The number of fused-ring (bicyclic) bond motifs is 1. The highest BCUT2D eigenvalue weighted by Gasteiger charge is 2.20. The average molecular weight is 244 g/mol. The van der Waals surface area contributed by atoms with Gasteiger partial charge in [0.1, 0.15) is 0 Å². The summed E-state index contributed by atoms with van der Waals surface area (Å²) in [5.41, 5.74) is 2.41. The molecule has 2 heterocycles. The monoisotopic (exact) mass is 244 g/mol. The van der Waals surface area contributed by atoms with Crippen molar-refractivity contribution < 1.29 is 0 Å². The number of hydrogen-bond acceptors (Lipinski definition) is 3. The summed E-state index contributed by atoms with van der Waals surface area (Å²) in [6, 6.07) is 9.05. The van der Waals surface area contributed by atoms with Crippen molar-refractivity contribution in [3.8, 4) is 0 Å². The highest BCUT2D eigenvalue weighted by atomic mass is 15.3. The fourth-order valence-corrected chi connectivity index (χ4v) is 2.72. The van der Waals surface area contributed by atoms with Crippen molar-refractivity contribution in [3.63, 3.8) is 0 Å². The summed E-state index contributed by atoms with van der Waals surface area (Å²) in [4.78, 5) is 2.51. The van der Waals surface area contributed by atoms with Gasteiger partial charge in [-0.3, -0.25) is 9.58 Å². The molecule has 0 aliphatic carbocycles. The number of aryl methyl sites for hydroxylation is 1. The molecule has 1 fully saturated rings. The van der Waals surface area contributed by atoms with Crippen LogP contribution in [0.25, 0.3) is 10.9 Å². The lowest BCUT2D eigenvalue weighted by atomic mass is 10.1. The van der Waals surface area contributed by atoms with Gasteiger partial charge in [-0.05, 0) is 13.0 Å². The molecule has 0 radical (unpaired) electrons. The van der Waals surface area contributed by atoms with E-state index in [1.165, 1.54) is 16.6 Å². The molecular weight excluding hydrogens is 224 g/mol. The minimum Gasteiger partial charge on any atom is -0.314 e. The van der Waals surface area contributed by atoms with E-state index in [2.05, 4.69) is 46.5 Å². The van der Waals surface area contributed by atoms with Crippen LogP contribution < -0.4 is 5.32 Å². The van der Waals surface area contributed by atoms with Gasteiger partial charge >= 0.3 is 0 Å².